The summed E-state index contributed by atoms with van der Waals surface area (Å²) >= 11 is 6.26. The molecule has 1 amide bonds. The van der Waals surface area contributed by atoms with E-state index in [1.54, 1.807) is 60.7 Å². The number of benzene rings is 3. The number of para-hydroxylation sites is 1. The molecule has 0 unspecified atom stereocenters. The van der Waals surface area contributed by atoms with Gasteiger partial charge in [0, 0.05) is 16.5 Å². The predicted octanol–water partition coefficient (Wildman–Crippen LogP) is 5.98. The summed E-state index contributed by atoms with van der Waals surface area (Å²) in [6.07, 6.45) is 0. The van der Waals surface area contributed by atoms with Crippen molar-refractivity contribution in [3.8, 4) is 11.5 Å². The standard InChI is InChI=1S/C25H20ClNO5/c1-3-31-21-12-11-15(14-19(21)26)23(28)24-22(18-9-4-5-10-20(18)32-24)27-25(29)16-7-6-8-17(13-16)30-2/h4-14H,3H2,1-2H3,(H,27,29). The minimum absolute atomic E-state index is 0.0164. The van der Waals surface area contributed by atoms with Crippen LogP contribution in [0.4, 0.5) is 5.69 Å². The summed E-state index contributed by atoms with van der Waals surface area (Å²) in [5.74, 6) is 0.251. The lowest BCUT2D eigenvalue weighted by Gasteiger charge is -2.09. The molecule has 0 aliphatic heterocycles. The van der Waals surface area contributed by atoms with E-state index in [2.05, 4.69) is 5.32 Å². The van der Waals surface area contributed by atoms with Crippen molar-refractivity contribution in [2.45, 2.75) is 6.92 Å². The highest BCUT2D eigenvalue weighted by molar-refractivity contribution is 6.32. The van der Waals surface area contributed by atoms with E-state index in [1.165, 1.54) is 13.2 Å². The Balaban J connectivity index is 1.74. The van der Waals surface area contributed by atoms with Crippen molar-refractivity contribution in [2.75, 3.05) is 19.0 Å². The lowest BCUT2D eigenvalue weighted by Crippen LogP contribution is -2.14. The van der Waals surface area contributed by atoms with Crippen LogP contribution in [0.1, 0.15) is 33.4 Å². The number of nitrogens with one attached hydrogen (secondary N) is 1. The number of fused-ring (bicyclic) bond motifs is 1. The molecule has 4 rings (SSSR count). The molecule has 1 aromatic heterocycles. The van der Waals surface area contributed by atoms with Gasteiger partial charge < -0.3 is 19.2 Å². The summed E-state index contributed by atoms with van der Waals surface area (Å²) in [5.41, 5.74) is 1.48. The van der Waals surface area contributed by atoms with E-state index in [1.807, 2.05) is 6.92 Å². The van der Waals surface area contributed by atoms with Crippen LogP contribution in [0.5, 0.6) is 11.5 Å². The van der Waals surface area contributed by atoms with Gasteiger partial charge >= 0.3 is 0 Å². The highest BCUT2D eigenvalue weighted by Crippen LogP contribution is 2.34. The number of furan rings is 1. The zero-order valence-electron chi connectivity index (χ0n) is 17.5. The number of hydrogen-bond acceptors (Lipinski definition) is 5. The maximum absolute atomic E-state index is 13.3. The van der Waals surface area contributed by atoms with Gasteiger partial charge in [0.05, 0.1) is 24.4 Å². The molecule has 6 nitrogen and oxygen atoms in total. The number of carbonyl (C=O) groups excluding carboxylic acids is 2. The lowest BCUT2D eigenvalue weighted by molar-refractivity contribution is 0.101. The Hall–Kier alpha value is -3.77. The second kappa shape index (κ2) is 9.16. The molecule has 162 valence electrons. The van der Waals surface area contributed by atoms with Crippen LogP contribution < -0.4 is 14.8 Å². The smallest absolute Gasteiger partial charge is 0.255 e. The number of halogens is 1. The van der Waals surface area contributed by atoms with Gasteiger partial charge in [-0.05, 0) is 55.5 Å². The Morgan fingerprint density at radius 1 is 1.00 bits per heavy atom. The first-order valence-corrected chi connectivity index (χ1v) is 10.3. The zero-order chi connectivity index (χ0) is 22.7. The van der Waals surface area contributed by atoms with E-state index in [0.29, 0.717) is 50.9 Å². The molecule has 3 aromatic carbocycles. The number of amides is 1. The number of anilines is 1. The fraction of sp³-hybridized carbons (Fsp3) is 0.120. The maximum Gasteiger partial charge on any atom is 0.255 e. The Morgan fingerprint density at radius 3 is 2.56 bits per heavy atom. The quantitative estimate of drug-likeness (QED) is 0.351. The van der Waals surface area contributed by atoms with E-state index in [0.717, 1.165) is 0 Å². The molecule has 0 aliphatic carbocycles. The van der Waals surface area contributed by atoms with Gasteiger partial charge in [-0.2, -0.15) is 0 Å². The minimum atomic E-state index is -0.410. The molecule has 0 atom stereocenters. The summed E-state index contributed by atoms with van der Waals surface area (Å²) in [7, 11) is 1.53. The first kappa shape index (κ1) is 21.5. The van der Waals surface area contributed by atoms with Gasteiger partial charge in [-0.1, -0.05) is 29.8 Å². The highest BCUT2D eigenvalue weighted by Gasteiger charge is 2.24. The SMILES string of the molecule is CCOc1ccc(C(=O)c2oc3ccccc3c2NC(=O)c2cccc(OC)c2)cc1Cl. The van der Waals surface area contributed by atoms with Crippen LogP contribution in [0.3, 0.4) is 0 Å². The number of methoxy groups -OCH3 is 1. The highest BCUT2D eigenvalue weighted by atomic mass is 35.5. The van der Waals surface area contributed by atoms with Crippen LogP contribution in [0.2, 0.25) is 5.02 Å². The molecule has 0 radical (unpaired) electrons. The van der Waals surface area contributed by atoms with Crippen LogP contribution in [-0.4, -0.2) is 25.4 Å². The second-order valence-corrected chi connectivity index (χ2v) is 7.30. The van der Waals surface area contributed by atoms with Crippen LogP contribution >= 0.6 is 11.6 Å². The minimum Gasteiger partial charge on any atom is -0.497 e. The Kier molecular flexibility index (Phi) is 6.14. The van der Waals surface area contributed by atoms with Crippen molar-refractivity contribution in [1.29, 1.82) is 0 Å². The van der Waals surface area contributed by atoms with Crippen molar-refractivity contribution in [3.63, 3.8) is 0 Å². The van der Waals surface area contributed by atoms with Crippen molar-refractivity contribution < 1.29 is 23.5 Å². The molecule has 1 heterocycles. The molecule has 4 aromatic rings. The lowest BCUT2D eigenvalue weighted by atomic mass is 10.1. The third-order valence-electron chi connectivity index (χ3n) is 4.87. The van der Waals surface area contributed by atoms with Crippen molar-refractivity contribution in [2.24, 2.45) is 0 Å². The van der Waals surface area contributed by atoms with Gasteiger partial charge in [-0.15, -0.1) is 0 Å². The van der Waals surface area contributed by atoms with Gasteiger partial charge in [0.25, 0.3) is 5.91 Å². The number of hydrogen-bond donors (Lipinski definition) is 1. The molecule has 0 bridgehead atoms. The van der Waals surface area contributed by atoms with E-state index < -0.39 is 11.7 Å². The molecule has 0 saturated carbocycles. The number of carbonyl (C=O) groups is 2. The summed E-state index contributed by atoms with van der Waals surface area (Å²) < 4.78 is 16.5. The molecule has 0 fully saturated rings. The molecule has 7 heteroatoms. The van der Waals surface area contributed by atoms with E-state index >= 15 is 0 Å². The maximum atomic E-state index is 13.3. The summed E-state index contributed by atoms with van der Waals surface area (Å²) in [6, 6.07) is 18.6. The first-order valence-electron chi connectivity index (χ1n) is 9.95. The summed E-state index contributed by atoms with van der Waals surface area (Å²) in [4.78, 5) is 26.3. The monoisotopic (exact) mass is 449 g/mol. The predicted molar refractivity (Wildman–Crippen MR) is 123 cm³/mol. The average Bonchev–Trinajstić information content (AvgIpc) is 3.18. The Labute approximate surface area is 189 Å². The number of ketones is 1. The topological polar surface area (TPSA) is 77.8 Å². The van der Waals surface area contributed by atoms with Gasteiger partial charge in [-0.3, -0.25) is 9.59 Å². The summed E-state index contributed by atoms with van der Waals surface area (Å²) in [6.45, 7) is 2.30. The molecular formula is C25H20ClNO5. The third kappa shape index (κ3) is 4.18. The second-order valence-electron chi connectivity index (χ2n) is 6.90. The van der Waals surface area contributed by atoms with Gasteiger partial charge in [0.15, 0.2) is 5.76 Å². The molecule has 0 aliphatic rings. The van der Waals surface area contributed by atoms with Crippen LogP contribution in [-0.2, 0) is 0 Å². The number of rotatable bonds is 7. The van der Waals surface area contributed by atoms with Crippen molar-refractivity contribution in [1.82, 2.24) is 0 Å². The fourth-order valence-corrected chi connectivity index (χ4v) is 3.56. The molecule has 0 spiro atoms. The van der Waals surface area contributed by atoms with Crippen LogP contribution in [0.25, 0.3) is 11.0 Å². The Morgan fingerprint density at radius 2 is 1.81 bits per heavy atom. The fourth-order valence-electron chi connectivity index (χ4n) is 3.33. The van der Waals surface area contributed by atoms with E-state index in [-0.39, 0.29) is 5.76 Å². The van der Waals surface area contributed by atoms with Gasteiger partial charge in [0.2, 0.25) is 5.78 Å². The summed E-state index contributed by atoms with van der Waals surface area (Å²) in [5, 5.41) is 3.76. The molecular weight excluding hydrogens is 430 g/mol. The molecule has 32 heavy (non-hydrogen) atoms. The zero-order valence-corrected chi connectivity index (χ0v) is 18.2. The van der Waals surface area contributed by atoms with E-state index in [9.17, 15) is 9.59 Å². The number of ether oxygens (including phenoxy) is 2. The van der Waals surface area contributed by atoms with Crippen LogP contribution in [0.15, 0.2) is 71.1 Å². The normalized spacial score (nSPS) is 10.7. The third-order valence-corrected chi connectivity index (χ3v) is 5.16. The van der Waals surface area contributed by atoms with E-state index in [4.69, 9.17) is 25.5 Å². The average molecular weight is 450 g/mol. The van der Waals surface area contributed by atoms with Crippen LogP contribution in [0, 0.1) is 0 Å². The van der Waals surface area contributed by atoms with Gasteiger partial charge in [0.1, 0.15) is 17.1 Å². The van der Waals surface area contributed by atoms with Crippen molar-refractivity contribution in [3.05, 3.63) is 88.6 Å². The molecule has 1 N–H and O–H groups in total. The Bertz CT molecular complexity index is 1310. The molecule has 0 saturated heterocycles. The largest absolute Gasteiger partial charge is 0.497 e. The van der Waals surface area contributed by atoms with Gasteiger partial charge in [-0.25, -0.2) is 0 Å². The first-order chi connectivity index (χ1) is 15.5. The van der Waals surface area contributed by atoms with Crippen molar-refractivity contribution >= 4 is 39.9 Å².